The van der Waals surface area contributed by atoms with E-state index in [1.165, 1.54) is 84.0 Å². The monoisotopic (exact) mass is 691 g/mol. The van der Waals surface area contributed by atoms with E-state index in [1.807, 2.05) is 0 Å². The van der Waals surface area contributed by atoms with Gasteiger partial charge in [-0.1, -0.05) is 103 Å². The second kappa shape index (κ2) is 12.4. The molecule has 2 bridgehead atoms. The van der Waals surface area contributed by atoms with Gasteiger partial charge in [-0.3, -0.25) is 0 Å². The summed E-state index contributed by atoms with van der Waals surface area (Å²) in [5.41, 5.74) is 19.9. The summed E-state index contributed by atoms with van der Waals surface area (Å²) < 4.78 is 4.93. The summed E-state index contributed by atoms with van der Waals surface area (Å²) in [4.78, 5) is 2.58. The smallest absolute Gasteiger partial charge is 0.213 e. The van der Waals surface area contributed by atoms with Gasteiger partial charge in [0.25, 0.3) is 0 Å². The molecule has 2 aromatic heterocycles. The van der Waals surface area contributed by atoms with Gasteiger partial charge in [0.1, 0.15) is 0 Å². The van der Waals surface area contributed by atoms with Crippen molar-refractivity contribution in [2.75, 3.05) is 4.90 Å². The van der Waals surface area contributed by atoms with Crippen LogP contribution in [0.4, 0.5) is 17.1 Å². The van der Waals surface area contributed by atoms with Gasteiger partial charge in [0.05, 0.1) is 22.5 Å². The van der Waals surface area contributed by atoms with Crippen molar-refractivity contribution in [2.45, 2.75) is 19.0 Å². The summed E-state index contributed by atoms with van der Waals surface area (Å²) in [5, 5.41) is 0. The first-order valence-corrected chi connectivity index (χ1v) is 18.9. The Hall–Kier alpha value is -6.84. The molecule has 0 saturated heterocycles. The standard InChI is InChI=1S/C51H37N3/c1-4-14-35(15-5-1)38-22-24-42(25-23-38)54-49-31-39(36-16-6-2-7-17-36)29-44-45(49)33-43(53-27-13-11-21-48(44)53)28-41-34-52-26-12-10-20-47(52)46-30-40(32-50(54)51(41)46)37-18-8-3-9-19-37/h1-32,43H,33-34H2/q+2. The van der Waals surface area contributed by atoms with E-state index in [1.54, 1.807) is 0 Å². The number of nitrogens with zero attached hydrogens (tertiary/aromatic N) is 3. The number of anilines is 3. The second-order valence-corrected chi connectivity index (χ2v) is 14.6. The Labute approximate surface area is 316 Å². The minimum absolute atomic E-state index is 0.158. The maximum atomic E-state index is 2.58. The van der Waals surface area contributed by atoms with Crippen molar-refractivity contribution >= 4 is 22.6 Å². The molecule has 0 N–H and O–H groups in total. The maximum absolute atomic E-state index is 2.58. The topological polar surface area (TPSA) is 11.0 Å². The van der Waals surface area contributed by atoms with E-state index in [4.69, 9.17) is 0 Å². The molecule has 3 aliphatic rings. The minimum Gasteiger partial charge on any atom is -0.310 e. The molecule has 11 rings (SSSR count). The molecular formula is C51H37N3+2. The molecule has 0 amide bonds. The first kappa shape index (κ1) is 30.8. The molecule has 254 valence electrons. The van der Waals surface area contributed by atoms with Crippen molar-refractivity contribution in [3.8, 4) is 55.9 Å². The van der Waals surface area contributed by atoms with Crippen LogP contribution in [0.25, 0.3) is 61.5 Å². The number of hydrogen-bond donors (Lipinski definition) is 0. The van der Waals surface area contributed by atoms with E-state index in [0.29, 0.717) is 0 Å². The molecule has 1 atom stereocenters. The molecule has 3 nitrogen and oxygen atoms in total. The first-order valence-electron chi connectivity index (χ1n) is 18.9. The van der Waals surface area contributed by atoms with Crippen LogP contribution in [0.1, 0.15) is 17.2 Å². The van der Waals surface area contributed by atoms with E-state index >= 15 is 0 Å². The predicted molar refractivity (Wildman–Crippen MR) is 219 cm³/mol. The van der Waals surface area contributed by atoms with Gasteiger partial charge in [0.15, 0.2) is 25.0 Å². The number of pyridine rings is 2. The molecule has 0 aliphatic carbocycles. The fourth-order valence-corrected chi connectivity index (χ4v) is 8.99. The number of fused-ring (bicyclic) bond motifs is 6. The predicted octanol–water partition coefficient (Wildman–Crippen LogP) is 11.6. The van der Waals surface area contributed by atoms with Gasteiger partial charge in [0.2, 0.25) is 11.4 Å². The summed E-state index contributed by atoms with van der Waals surface area (Å²) in [6.45, 7) is 0.805. The highest BCUT2D eigenvalue weighted by Gasteiger charge is 2.39. The average Bonchev–Trinajstić information content (AvgIpc) is 3.30. The molecule has 0 saturated carbocycles. The van der Waals surface area contributed by atoms with Gasteiger partial charge in [-0.15, -0.1) is 0 Å². The highest BCUT2D eigenvalue weighted by molar-refractivity contribution is 5.98. The number of aromatic nitrogens is 2. The molecule has 3 heteroatoms. The van der Waals surface area contributed by atoms with Crippen molar-refractivity contribution < 1.29 is 9.13 Å². The number of rotatable bonds is 4. The van der Waals surface area contributed by atoms with Crippen LogP contribution in [0.15, 0.2) is 194 Å². The lowest BCUT2D eigenvalue weighted by Gasteiger charge is -2.33. The third-order valence-electron chi connectivity index (χ3n) is 11.5. The maximum Gasteiger partial charge on any atom is 0.213 e. The quantitative estimate of drug-likeness (QED) is 0.167. The number of allylic oxidation sites excluding steroid dienone is 2. The van der Waals surface area contributed by atoms with Gasteiger partial charge >= 0.3 is 0 Å². The molecule has 0 fully saturated rings. The third kappa shape index (κ3) is 4.97. The Balaban J connectivity index is 1.28. The lowest BCUT2D eigenvalue weighted by molar-refractivity contribution is -0.703. The minimum atomic E-state index is 0.158. The normalized spacial score (nSPS) is 14.8. The molecule has 0 spiro atoms. The van der Waals surface area contributed by atoms with Gasteiger partial charge in [-0.2, -0.15) is 9.13 Å². The number of benzene rings is 6. The van der Waals surface area contributed by atoms with Crippen LogP contribution in [0, 0.1) is 0 Å². The molecule has 1 unspecified atom stereocenters. The molecule has 3 aliphatic heterocycles. The van der Waals surface area contributed by atoms with E-state index in [2.05, 4.69) is 208 Å². The van der Waals surface area contributed by atoms with Crippen LogP contribution in [-0.2, 0) is 13.0 Å². The Morgan fingerprint density at radius 3 is 1.70 bits per heavy atom. The summed E-state index contributed by atoms with van der Waals surface area (Å²) in [6, 6.07) is 64.8. The summed E-state index contributed by atoms with van der Waals surface area (Å²) in [5.74, 6) is 0. The van der Waals surface area contributed by atoms with Gasteiger partial charge < -0.3 is 4.90 Å². The molecular weight excluding hydrogens is 655 g/mol. The Morgan fingerprint density at radius 2 is 1.02 bits per heavy atom. The van der Waals surface area contributed by atoms with Crippen LogP contribution in [0.5, 0.6) is 0 Å². The highest BCUT2D eigenvalue weighted by Crippen LogP contribution is 2.52. The summed E-state index contributed by atoms with van der Waals surface area (Å²) in [6.07, 6.45) is 7.97. The second-order valence-electron chi connectivity index (χ2n) is 14.6. The lowest BCUT2D eigenvalue weighted by Crippen LogP contribution is -2.45. The third-order valence-corrected chi connectivity index (χ3v) is 11.5. The highest BCUT2D eigenvalue weighted by atomic mass is 15.2. The van der Waals surface area contributed by atoms with E-state index in [9.17, 15) is 0 Å². The largest absolute Gasteiger partial charge is 0.310 e. The van der Waals surface area contributed by atoms with Crippen LogP contribution in [0.3, 0.4) is 0 Å². The molecule has 5 heterocycles. The van der Waals surface area contributed by atoms with Crippen LogP contribution in [-0.4, -0.2) is 0 Å². The molecule has 0 radical (unpaired) electrons. The lowest BCUT2D eigenvalue weighted by atomic mass is 9.86. The van der Waals surface area contributed by atoms with Crippen LogP contribution >= 0.6 is 0 Å². The van der Waals surface area contributed by atoms with Crippen LogP contribution < -0.4 is 14.0 Å². The molecule has 8 aromatic rings. The van der Waals surface area contributed by atoms with Gasteiger partial charge in [-0.05, 0) is 93.6 Å². The van der Waals surface area contributed by atoms with Crippen molar-refractivity contribution in [3.05, 3.63) is 206 Å². The van der Waals surface area contributed by atoms with Crippen molar-refractivity contribution in [2.24, 2.45) is 0 Å². The summed E-state index contributed by atoms with van der Waals surface area (Å²) >= 11 is 0. The fraction of sp³-hybridized carbons (Fsp3) is 0.0588. The first-order chi connectivity index (χ1) is 26.8. The van der Waals surface area contributed by atoms with Gasteiger partial charge in [0, 0.05) is 47.5 Å². The van der Waals surface area contributed by atoms with Crippen molar-refractivity contribution in [1.82, 2.24) is 0 Å². The molecule has 54 heavy (non-hydrogen) atoms. The molecule has 6 aromatic carbocycles. The summed E-state index contributed by atoms with van der Waals surface area (Å²) in [7, 11) is 0. The Kier molecular flexibility index (Phi) is 7.06. The Bertz CT molecular complexity index is 2750. The number of hydrogen-bond acceptors (Lipinski definition) is 1. The SMILES string of the molecule is C1=C2C[n+]3ccccc3-c3cc(-c4ccccc4)cc(c32)N(c2ccc(-c3ccccc3)cc2)c2cc(-c3ccccc3)cc3c2CC1[n+]1ccccc1-3. The fourth-order valence-electron chi connectivity index (χ4n) is 8.99. The van der Waals surface area contributed by atoms with E-state index in [0.717, 1.165) is 18.7 Å². The zero-order valence-electron chi connectivity index (χ0n) is 29.8. The van der Waals surface area contributed by atoms with E-state index < -0.39 is 0 Å². The van der Waals surface area contributed by atoms with Crippen molar-refractivity contribution in [3.63, 3.8) is 0 Å². The van der Waals surface area contributed by atoms with Crippen molar-refractivity contribution in [1.29, 1.82) is 0 Å². The van der Waals surface area contributed by atoms with E-state index in [-0.39, 0.29) is 6.04 Å². The zero-order valence-corrected chi connectivity index (χ0v) is 29.8. The van der Waals surface area contributed by atoms with Gasteiger partial charge in [-0.25, -0.2) is 0 Å². The zero-order chi connectivity index (χ0) is 35.6. The van der Waals surface area contributed by atoms with Crippen LogP contribution in [0.2, 0.25) is 0 Å². The average molecular weight is 692 g/mol. The Morgan fingerprint density at radius 1 is 0.463 bits per heavy atom.